The van der Waals surface area contributed by atoms with Crippen molar-refractivity contribution >= 4 is 11.6 Å². The van der Waals surface area contributed by atoms with Gasteiger partial charge in [0.1, 0.15) is 5.69 Å². The van der Waals surface area contributed by atoms with Gasteiger partial charge in [0.25, 0.3) is 5.91 Å². The number of carbonyl (C=O) groups is 1. The van der Waals surface area contributed by atoms with Crippen LogP contribution in [0.15, 0.2) is 48.7 Å². The van der Waals surface area contributed by atoms with E-state index in [4.69, 9.17) is 9.47 Å². The lowest BCUT2D eigenvalue weighted by Crippen LogP contribution is -2.44. The van der Waals surface area contributed by atoms with E-state index >= 15 is 0 Å². The van der Waals surface area contributed by atoms with Gasteiger partial charge in [-0.1, -0.05) is 30.3 Å². The second-order valence-corrected chi connectivity index (χ2v) is 7.28. The van der Waals surface area contributed by atoms with E-state index in [1.807, 2.05) is 30.3 Å². The first-order valence-electron chi connectivity index (χ1n) is 10.2. The summed E-state index contributed by atoms with van der Waals surface area (Å²) in [6.07, 6.45) is 1.70. The van der Waals surface area contributed by atoms with E-state index in [0.29, 0.717) is 25.5 Å². The van der Waals surface area contributed by atoms with Gasteiger partial charge in [-0.25, -0.2) is 0 Å². The Morgan fingerprint density at radius 1 is 1.00 bits per heavy atom. The number of benzene rings is 1. The van der Waals surface area contributed by atoms with Crippen molar-refractivity contribution < 1.29 is 14.3 Å². The first-order chi connectivity index (χ1) is 14.3. The summed E-state index contributed by atoms with van der Waals surface area (Å²) in [6, 6.07) is 14.3. The van der Waals surface area contributed by atoms with Crippen molar-refractivity contribution in [2.75, 3.05) is 64.1 Å². The van der Waals surface area contributed by atoms with Crippen molar-refractivity contribution in [3.8, 4) is 0 Å². The molecule has 1 N–H and O–H groups in total. The molecule has 2 fully saturated rings. The highest BCUT2D eigenvalue weighted by atomic mass is 16.5. The van der Waals surface area contributed by atoms with E-state index in [1.165, 1.54) is 5.56 Å². The molecule has 1 unspecified atom stereocenters. The van der Waals surface area contributed by atoms with Crippen molar-refractivity contribution in [2.24, 2.45) is 0 Å². The number of pyridine rings is 1. The quantitative estimate of drug-likeness (QED) is 0.802. The van der Waals surface area contributed by atoms with Gasteiger partial charge in [0.15, 0.2) is 0 Å². The maximum atomic E-state index is 12.8. The zero-order valence-corrected chi connectivity index (χ0v) is 16.6. The Bertz CT molecular complexity index is 790. The summed E-state index contributed by atoms with van der Waals surface area (Å²) in [7, 11) is 0. The van der Waals surface area contributed by atoms with Gasteiger partial charge in [0.2, 0.25) is 0 Å². The molecule has 29 heavy (non-hydrogen) atoms. The van der Waals surface area contributed by atoms with Crippen molar-refractivity contribution in [1.82, 2.24) is 15.2 Å². The number of nitrogens with zero attached hydrogens (tertiary/aromatic N) is 3. The topological polar surface area (TPSA) is 66.9 Å². The van der Waals surface area contributed by atoms with Gasteiger partial charge in [-0.05, 0) is 17.7 Å². The minimum Gasteiger partial charge on any atom is -0.379 e. The number of hydrogen-bond donors (Lipinski definition) is 1. The molecule has 3 heterocycles. The number of carbonyl (C=O) groups excluding carboxylic acids is 1. The van der Waals surface area contributed by atoms with Gasteiger partial charge < -0.3 is 19.7 Å². The molecule has 1 amide bonds. The number of anilines is 1. The van der Waals surface area contributed by atoms with Crippen LogP contribution in [0.4, 0.5) is 5.69 Å². The van der Waals surface area contributed by atoms with E-state index in [-0.39, 0.29) is 11.9 Å². The lowest BCUT2D eigenvalue weighted by molar-refractivity contribution is 0.0162. The third kappa shape index (κ3) is 5.12. The van der Waals surface area contributed by atoms with Gasteiger partial charge in [-0.15, -0.1) is 0 Å². The van der Waals surface area contributed by atoms with Crippen LogP contribution in [0.2, 0.25) is 0 Å². The van der Waals surface area contributed by atoms with Crippen LogP contribution in [0.25, 0.3) is 0 Å². The fraction of sp³-hybridized carbons (Fsp3) is 0.455. The van der Waals surface area contributed by atoms with Crippen LogP contribution in [0.1, 0.15) is 22.1 Å². The summed E-state index contributed by atoms with van der Waals surface area (Å²) in [5.41, 5.74) is 2.66. The van der Waals surface area contributed by atoms with Crippen LogP contribution < -0.4 is 10.2 Å². The zero-order chi connectivity index (χ0) is 19.9. The first-order valence-corrected chi connectivity index (χ1v) is 10.2. The lowest BCUT2D eigenvalue weighted by Gasteiger charge is -2.35. The van der Waals surface area contributed by atoms with Crippen LogP contribution in [0, 0.1) is 0 Å². The van der Waals surface area contributed by atoms with Gasteiger partial charge in [0.05, 0.1) is 32.5 Å². The van der Waals surface area contributed by atoms with E-state index in [9.17, 15) is 4.79 Å². The standard InChI is InChI=1S/C22H28N4O3/c27-22(20-16-19(6-7-23-20)25-8-12-28-13-9-25)24-17-21(18-4-2-1-3-5-18)26-10-14-29-15-11-26/h1-7,16,21H,8-15,17H2,(H,24,27). The summed E-state index contributed by atoms with van der Waals surface area (Å²) in [4.78, 5) is 21.7. The van der Waals surface area contributed by atoms with Crippen molar-refractivity contribution in [3.05, 3.63) is 59.9 Å². The number of hydrogen-bond acceptors (Lipinski definition) is 6. The second-order valence-electron chi connectivity index (χ2n) is 7.28. The molecule has 2 saturated heterocycles. The summed E-state index contributed by atoms with van der Waals surface area (Å²) in [5.74, 6) is -0.144. The Hall–Kier alpha value is -2.48. The predicted molar refractivity (Wildman–Crippen MR) is 111 cm³/mol. The summed E-state index contributed by atoms with van der Waals surface area (Å²) < 4.78 is 10.9. The van der Waals surface area contributed by atoms with Gasteiger partial charge in [0, 0.05) is 44.6 Å². The molecule has 1 aromatic carbocycles. The third-order valence-corrected chi connectivity index (χ3v) is 5.48. The molecule has 0 radical (unpaired) electrons. The largest absolute Gasteiger partial charge is 0.379 e. The highest BCUT2D eigenvalue weighted by molar-refractivity contribution is 5.93. The molecule has 0 spiro atoms. The molecule has 2 aromatic rings. The van der Waals surface area contributed by atoms with Crippen molar-refractivity contribution in [1.29, 1.82) is 0 Å². The molecule has 1 aromatic heterocycles. The Balaban J connectivity index is 1.43. The SMILES string of the molecule is O=C(NCC(c1ccccc1)N1CCOCC1)c1cc(N2CCOCC2)ccn1. The average molecular weight is 396 g/mol. The van der Waals surface area contributed by atoms with Gasteiger partial charge in [-0.2, -0.15) is 0 Å². The van der Waals surface area contributed by atoms with Gasteiger partial charge >= 0.3 is 0 Å². The van der Waals surface area contributed by atoms with Gasteiger partial charge in [-0.3, -0.25) is 14.7 Å². The number of rotatable bonds is 6. The van der Waals surface area contributed by atoms with E-state index < -0.39 is 0 Å². The molecule has 7 heteroatoms. The number of ether oxygens (including phenoxy) is 2. The fourth-order valence-electron chi connectivity index (χ4n) is 3.86. The summed E-state index contributed by atoms with van der Waals surface area (Å²) >= 11 is 0. The molecule has 154 valence electrons. The molecule has 7 nitrogen and oxygen atoms in total. The Kier molecular flexibility index (Phi) is 6.71. The second kappa shape index (κ2) is 9.82. The van der Waals surface area contributed by atoms with E-state index in [1.54, 1.807) is 6.20 Å². The maximum absolute atomic E-state index is 12.8. The molecule has 0 bridgehead atoms. The first kappa shape index (κ1) is 19.8. The Labute approximate surface area is 171 Å². The molecular weight excluding hydrogens is 368 g/mol. The number of nitrogens with one attached hydrogen (secondary N) is 1. The van der Waals surface area contributed by atoms with Crippen LogP contribution in [0.5, 0.6) is 0 Å². The smallest absolute Gasteiger partial charge is 0.270 e. The molecule has 1 atom stereocenters. The zero-order valence-electron chi connectivity index (χ0n) is 16.6. The van der Waals surface area contributed by atoms with E-state index in [0.717, 1.165) is 45.1 Å². The summed E-state index contributed by atoms with van der Waals surface area (Å²) in [5, 5.41) is 3.10. The van der Waals surface area contributed by atoms with Crippen LogP contribution in [0.3, 0.4) is 0 Å². The predicted octanol–water partition coefficient (Wildman–Crippen LogP) is 1.72. The molecule has 4 rings (SSSR count). The molecule has 0 saturated carbocycles. The minimum absolute atomic E-state index is 0.117. The monoisotopic (exact) mass is 396 g/mol. The summed E-state index contributed by atoms with van der Waals surface area (Å²) in [6.45, 7) is 6.79. The third-order valence-electron chi connectivity index (χ3n) is 5.48. The van der Waals surface area contributed by atoms with Crippen LogP contribution in [-0.2, 0) is 9.47 Å². The Morgan fingerprint density at radius 2 is 1.69 bits per heavy atom. The van der Waals surface area contributed by atoms with Crippen LogP contribution >= 0.6 is 0 Å². The lowest BCUT2D eigenvalue weighted by atomic mass is 10.0. The minimum atomic E-state index is -0.144. The highest BCUT2D eigenvalue weighted by Crippen LogP contribution is 2.21. The van der Waals surface area contributed by atoms with Crippen LogP contribution in [-0.4, -0.2) is 74.9 Å². The van der Waals surface area contributed by atoms with E-state index in [2.05, 4.69) is 32.2 Å². The molecule has 0 aliphatic carbocycles. The van der Waals surface area contributed by atoms with Crippen molar-refractivity contribution in [2.45, 2.75) is 6.04 Å². The number of amides is 1. The Morgan fingerprint density at radius 3 is 2.41 bits per heavy atom. The molecule has 2 aliphatic heterocycles. The highest BCUT2D eigenvalue weighted by Gasteiger charge is 2.23. The number of aromatic nitrogens is 1. The fourth-order valence-corrected chi connectivity index (χ4v) is 3.86. The number of morpholine rings is 2. The van der Waals surface area contributed by atoms with Crippen molar-refractivity contribution in [3.63, 3.8) is 0 Å². The maximum Gasteiger partial charge on any atom is 0.270 e. The molecular formula is C22H28N4O3. The average Bonchev–Trinajstić information content (AvgIpc) is 2.81. The molecule has 2 aliphatic rings. The normalized spacial score (nSPS) is 19.0.